The lowest BCUT2D eigenvalue weighted by Crippen LogP contribution is -2.23. The van der Waals surface area contributed by atoms with Crippen molar-refractivity contribution in [2.75, 3.05) is 0 Å². The van der Waals surface area contributed by atoms with Crippen molar-refractivity contribution in [2.45, 2.75) is 13.5 Å². The molecule has 5 heteroatoms. The molecule has 1 aromatic heterocycles. The second kappa shape index (κ2) is 5.01. The van der Waals surface area contributed by atoms with Crippen LogP contribution in [0.5, 0.6) is 0 Å². The Balaban J connectivity index is 2.07. The first kappa shape index (κ1) is 11.7. The molecule has 1 amide bonds. The highest BCUT2D eigenvalue weighted by Gasteiger charge is 2.10. The summed E-state index contributed by atoms with van der Waals surface area (Å²) in [5, 5.41) is 3.40. The average Bonchev–Trinajstić information content (AvgIpc) is 2.82. The minimum atomic E-state index is -0.139. The Morgan fingerprint density at radius 1 is 1.53 bits per heavy atom. The van der Waals surface area contributed by atoms with E-state index in [1.54, 1.807) is 30.7 Å². The van der Waals surface area contributed by atoms with Gasteiger partial charge in [-0.25, -0.2) is 4.98 Å². The lowest BCUT2D eigenvalue weighted by molar-refractivity contribution is 0.0950. The number of carbonyl (C=O) groups is 1. The number of nitrogens with one attached hydrogen (secondary N) is 2. The van der Waals surface area contributed by atoms with E-state index in [2.05, 4.69) is 15.3 Å². The van der Waals surface area contributed by atoms with E-state index in [4.69, 9.17) is 11.6 Å². The number of nitrogens with zero attached hydrogens (tertiary/aromatic N) is 1. The number of benzene rings is 1. The fraction of sp³-hybridized carbons (Fsp3) is 0.167. The van der Waals surface area contributed by atoms with Gasteiger partial charge in [0.2, 0.25) is 0 Å². The van der Waals surface area contributed by atoms with Gasteiger partial charge in [-0.2, -0.15) is 0 Å². The third kappa shape index (κ3) is 2.65. The number of halogens is 1. The van der Waals surface area contributed by atoms with Crippen LogP contribution in [0, 0.1) is 6.92 Å². The summed E-state index contributed by atoms with van der Waals surface area (Å²) in [5.41, 5.74) is 2.24. The molecule has 88 valence electrons. The summed E-state index contributed by atoms with van der Waals surface area (Å²) in [6.07, 6.45) is 3.25. The predicted octanol–water partition coefficient (Wildman–Crippen LogP) is 2.30. The van der Waals surface area contributed by atoms with Crippen LogP contribution in [0.25, 0.3) is 0 Å². The van der Waals surface area contributed by atoms with E-state index in [0.717, 1.165) is 11.3 Å². The molecule has 0 unspecified atom stereocenters. The third-order valence-electron chi connectivity index (χ3n) is 2.51. The summed E-state index contributed by atoms with van der Waals surface area (Å²) in [6, 6.07) is 5.28. The Bertz CT molecular complexity index is 523. The largest absolute Gasteiger partial charge is 0.347 e. The van der Waals surface area contributed by atoms with E-state index >= 15 is 0 Å². The number of H-pyrrole nitrogens is 1. The lowest BCUT2D eigenvalue weighted by Gasteiger charge is -2.07. The summed E-state index contributed by atoms with van der Waals surface area (Å²) >= 11 is 5.96. The second-order valence-corrected chi connectivity index (χ2v) is 4.08. The number of aromatic amines is 1. The van der Waals surface area contributed by atoms with Crippen LogP contribution >= 0.6 is 11.6 Å². The average molecular weight is 250 g/mol. The van der Waals surface area contributed by atoms with E-state index in [9.17, 15) is 4.79 Å². The van der Waals surface area contributed by atoms with Gasteiger partial charge in [-0.3, -0.25) is 4.79 Å². The molecule has 1 aromatic carbocycles. The van der Waals surface area contributed by atoms with Crippen LogP contribution in [-0.4, -0.2) is 15.9 Å². The minimum Gasteiger partial charge on any atom is -0.347 e. The Hall–Kier alpha value is -1.81. The van der Waals surface area contributed by atoms with Gasteiger partial charge in [-0.05, 0) is 24.6 Å². The molecule has 2 N–H and O–H groups in total. The van der Waals surface area contributed by atoms with Crippen molar-refractivity contribution >= 4 is 17.5 Å². The van der Waals surface area contributed by atoms with Crippen molar-refractivity contribution in [3.05, 3.63) is 52.6 Å². The van der Waals surface area contributed by atoms with Crippen LogP contribution in [0.3, 0.4) is 0 Å². The SMILES string of the molecule is Cc1c(Cl)cccc1C(=O)NCc1cnc[nH]1. The molecule has 1 heterocycles. The number of aromatic nitrogens is 2. The molecule has 0 fully saturated rings. The van der Waals surface area contributed by atoms with Crippen LogP contribution in [0.1, 0.15) is 21.6 Å². The molecule has 0 saturated carbocycles. The predicted molar refractivity (Wildman–Crippen MR) is 65.9 cm³/mol. The first-order chi connectivity index (χ1) is 8.18. The highest BCUT2D eigenvalue weighted by atomic mass is 35.5. The quantitative estimate of drug-likeness (QED) is 0.877. The molecule has 0 radical (unpaired) electrons. The zero-order valence-electron chi connectivity index (χ0n) is 9.33. The third-order valence-corrected chi connectivity index (χ3v) is 2.92. The molecule has 4 nitrogen and oxygen atoms in total. The fourth-order valence-corrected chi connectivity index (χ4v) is 1.68. The van der Waals surface area contributed by atoms with Crippen molar-refractivity contribution < 1.29 is 4.79 Å². The van der Waals surface area contributed by atoms with Crippen LogP contribution < -0.4 is 5.32 Å². The van der Waals surface area contributed by atoms with E-state index < -0.39 is 0 Å². The first-order valence-corrected chi connectivity index (χ1v) is 5.57. The molecule has 17 heavy (non-hydrogen) atoms. The molecule has 0 atom stereocenters. The molecular formula is C12H12ClN3O. The molecule has 0 aliphatic heterocycles. The van der Waals surface area contributed by atoms with Crippen LogP contribution in [0.15, 0.2) is 30.7 Å². The summed E-state index contributed by atoms with van der Waals surface area (Å²) in [4.78, 5) is 18.7. The normalized spacial score (nSPS) is 10.2. The van der Waals surface area contributed by atoms with Gasteiger partial charge in [0.1, 0.15) is 0 Å². The summed E-state index contributed by atoms with van der Waals surface area (Å²) in [5.74, 6) is -0.139. The van der Waals surface area contributed by atoms with Gasteiger partial charge in [0, 0.05) is 16.8 Å². The van der Waals surface area contributed by atoms with Crippen molar-refractivity contribution in [1.29, 1.82) is 0 Å². The zero-order valence-corrected chi connectivity index (χ0v) is 10.1. The molecule has 0 aliphatic rings. The maximum Gasteiger partial charge on any atom is 0.251 e. The van der Waals surface area contributed by atoms with Crippen LogP contribution in [0.4, 0.5) is 0 Å². The maximum atomic E-state index is 11.9. The summed E-state index contributed by atoms with van der Waals surface area (Å²) < 4.78 is 0. The molecule has 0 aliphatic carbocycles. The summed E-state index contributed by atoms with van der Waals surface area (Å²) in [6.45, 7) is 2.25. The number of hydrogen-bond donors (Lipinski definition) is 2. The number of hydrogen-bond acceptors (Lipinski definition) is 2. The molecule has 2 rings (SSSR count). The van der Waals surface area contributed by atoms with Crippen molar-refractivity contribution in [3.8, 4) is 0 Å². The van der Waals surface area contributed by atoms with Gasteiger partial charge in [-0.15, -0.1) is 0 Å². The highest BCUT2D eigenvalue weighted by Crippen LogP contribution is 2.18. The van der Waals surface area contributed by atoms with E-state index in [1.807, 2.05) is 6.92 Å². The van der Waals surface area contributed by atoms with Crippen LogP contribution in [-0.2, 0) is 6.54 Å². The number of amides is 1. The molecule has 0 saturated heterocycles. The van der Waals surface area contributed by atoms with Crippen LogP contribution in [0.2, 0.25) is 5.02 Å². The number of rotatable bonds is 3. The fourth-order valence-electron chi connectivity index (χ4n) is 1.51. The number of carbonyl (C=O) groups excluding carboxylic acids is 1. The summed E-state index contributed by atoms with van der Waals surface area (Å²) in [7, 11) is 0. The van der Waals surface area contributed by atoms with E-state index in [-0.39, 0.29) is 5.91 Å². The van der Waals surface area contributed by atoms with Gasteiger partial charge >= 0.3 is 0 Å². The highest BCUT2D eigenvalue weighted by molar-refractivity contribution is 6.31. The van der Waals surface area contributed by atoms with Gasteiger partial charge < -0.3 is 10.3 Å². The second-order valence-electron chi connectivity index (χ2n) is 3.67. The van der Waals surface area contributed by atoms with Gasteiger partial charge in [0.05, 0.1) is 18.6 Å². The number of imidazole rings is 1. The van der Waals surface area contributed by atoms with Crippen molar-refractivity contribution in [2.24, 2.45) is 0 Å². The zero-order chi connectivity index (χ0) is 12.3. The van der Waals surface area contributed by atoms with Crippen molar-refractivity contribution in [3.63, 3.8) is 0 Å². The van der Waals surface area contributed by atoms with E-state index in [0.29, 0.717) is 17.1 Å². The van der Waals surface area contributed by atoms with E-state index in [1.165, 1.54) is 0 Å². The molecule has 0 bridgehead atoms. The Morgan fingerprint density at radius 3 is 3.06 bits per heavy atom. The van der Waals surface area contributed by atoms with Crippen molar-refractivity contribution in [1.82, 2.24) is 15.3 Å². The Kier molecular flexibility index (Phi) is 3.44. The van der Waals surface area contributed by atoms with Gasteiger partial charge in [-0.1, -0.05) is 17.7 Å². The molecule has 2 aromatic rings. The monoisotopic (exact) mass is 249 g/mol. The molecular weight excluding hydrogens is 238 g/mol. The van der Waals surface area contributed by atoms with Gasteiger partial charge in [0.25, 0.3) is 5.91 Å². The van der Waals surface area contributed by atoms with Gasteiger partial charge in [0.15, 0.2) is 0 Å². The Labute approximate surface area is 104 Å². The Morgan fingerprint density at radius 2 is 2.35 bits per heavy atom. The minimum absolute atomic E-state index is 0.139. The smallest absolute Gasteiger partial charge is 0.251 e. The molecule has 0 spiro atoms. The first-order valence-electron chi connectivity index (χ1n) is 5.19. The topological polar surface area (TPSA) is 57.8 Å². The standard InChI is InChI=1S/C12H12ClN3O/c1-8-10(3-2-4-11(8)13)12(17)15-6-9-5-14-7-16-9/h2-5,7H,6H2,1H3,(H,14,16)(H,15,17). The maximum absolute atomic E-state index is 11.9. The lowest BCUT2D eigenvalue weighted by atomic mass is 10.1.